The Morgan fingerprint density at radius 3 is 2.67 bits per heavy atom. The molecule has 0 aliphatic carbocycles. The fourth-order valence-electron chi connectivity index (χ4n) is 3.10. The molecule has 144 valence electrons. The molecule has 2 aromatic rings. The SMILES string of the molecule is COc1ccc(C)cc1Nc1ccc(C(=O)N(C)C2CCS(=O)(=O)C2)nc1. The van der Waals surface area contributed by atoms with Crippen LogP contribution in [0.5, 0.6) is 5.75 Å². The number of aromatic nitrogens is 1. The largest absolute Gasteiger partial charge is 0.495 e. The van der Waals surface area contributed by atoms with Crippen molar-refractivity contribution < 1.29 is 17.9 Å². The number of benzene rings is 1. The molecule has 1 aliphatic heterocycles. The maximum atomic E-state index is 12.6. The van der Waals surface area contributed by atoms with Gasteiger partial charge in [0.1, 0.15) is 11.4 Å². The number of pyridine rings is 1. The summed E-state index contributed by atoms with van der Waals surface area (Å²) in [5.74, 6) is 0.575. The van der Waals surface area contributed by atoms with E-state index >= 15 is 0 Å². The third-order valence-corrected chi connectivity index (χ3v) is 6.44. The smallest absolute Gasteiger partial charge is 0.272 e. The van der Waals surface area contributed by atoms with Gasteiger partial charge in [0.2, 0.25) is 0 Å². The number of hydrogen-bond donors (Lipinski definition) is 1. The Labute approximate surface area is 159 Å². The van der Waals surface area contributed by atoms with E-state index < -0.39 is 9.84 Å². The number of hydrogen-bond acceptors (Lipinski definition) is 6. The quantitative estimate of drug-likeness (QED) is 0.845. The van der Waals surface area contributed by atoms with Gasteiger partial charge in [0, 0.05) is 13.1 Å². The van der Waals surface area contributed by atoms with E-state index in [1.165, 1.54) is 4.90 Å². The Balaban J connectivity index is 1.72. The summed E-state index contributed by atoms with van der Waals surface area (Å²) in [5.41, 5.74) is 2.91. The van der Waals surface area contributed by atoms with Crippen LogP contribution in [-0.4, -0.2) is 55.9 Å². The molecule has 27 heavy (non-hydrogen) atoms. The van der Waals surface area contributed by atoms with Crippen LogP contribution in [0.4, 0.5) is 11.4 Å². The molecule has 1 N–H and O–H groups in total. The van der Waals surface area contributed by atoms with Crippen molar-refractivity contribution in [2.75, 3.05) is 31.0 Å². The first-order chi connectivity index (χ1) is 12.8. The molecule has 1 saturated heterocycles. The lowest BCUT2D eigenvalue weighted by molar-refractivity contribution is 0.0742. The topological polar surface area (TPSA) is 88.6 Å². The summed E-state index contributed by atoms with van der Waals surface area (Å²) < 4.78 is 28.6. The van der Waals surface area contributed by atoms with Crippen LogP contribution in [0.15, 0.2) is 36.5 Å². The highest BCUT2D eigenvalue weighted by Crippen LogP contribution is 2.28. The normalized spacial score (nSPS) is 18.1. The van der Waals surface area contributed by atoms with Gasteiger partial charge in [0.15, 0.2) is 9.84 Å². The molecule has 0 radical (unpaired) electrons. The molecule has 1 aliphatic rings. The Bertz CT molecular complexity index is 942. The molecule has 1 atom stereocenters. The van der Waals surface area contributed by atoms with Gasteiger partial charge in [-0.1, -0.05) is 6.07 Å². The Morgan fingerprint density at radius 2 is 2.07 bits per heavy atom. The molecule has 0 bridgehead atoms. The monoisotopic (exact) mass is 389 g/mol. The predicted octanol–water partition coefficient (Wildman–Crippen LogP) is 2.40. The molecule has 1 amide bonds. The number of nitrogens with one attached hydrogen (secondary N) is 1. The second kappa shape index (κ2) is 7.56. The van der Waals surface area contributed by atoms with Crippen molar-refractivity contribution in [2.24, 2.45) is 0 Å². The Morgan fingerprint density at radius 1 is 1.30 bits per heavy atom. The first-order valence-electron chi connectivity index (χ1n) is 8.64. The van der Waals surface area contributed by atoms with Crippen LogP contribution >= 0.6 is 0 Å². The molecule has 2 heterocycles. The molecule has 0 saturated carbocycles. The molecule has 1 unspecified atom stereocenters. The number of carbonyl (C=O) groups excluding carboxylic acids is 1. The zero-order valence-electron chi connectivity index (χ0n) is 15.6. The van der Waals surface area contributed by atoms with Crippen molar-refractivity contribution in [1.29, 1.82) is 0 Å². The van der Waals surface area contributed by atoms with Gasteiger partial charge in [-0.25, -0.2) is 13.4 Å². The third kappa shape index (κ3) is 4.39. The van der Waals surface area contributed by atoms with Gasteiger partial charge in [0.05, 0.1) is 36.2 Å². The van der Waals surface area contributed by atoms with Crippen LogP contribution in [0.25, 0.3) is 0 Å². The number of ether oxygens (including phenoxy) is 1. The van der Waals surface area contributed by atoms with Gasteiger partial charge in [-0.3, -0.25) is 4.79 Å². The molecule has 1 aromatic heterocycles. The molecule has 1 aromatic carbocycles. The lowest BCUT2D eigenvalue weighted by Crippen LogP contribution is -2.38. The number of rotatable bonds is 5. The van der Waals surface area contributed by atoms with Crippen LogP contribution in [0.1, 0.15) is 22.5 Å². The minimum atomic E-state index is -3.04. The predicted molar refractivity (Wildman–Crippen MR) is 104 cm³/mol. The minimum absolute atomic E-state index is 0.0159. The van der Waals surface area contributed by atoms with Crippen LogP contribution in [0.3, 0.4) is 0 Å². The second-order valence-electron chi connectivity index (χ2n) is 6.73. The first kappa shape index (κ1) is 19.2. The molecular weight excluding hydrogens is 366 g/mol. The van der Waals surface area contributed by atoms with Crippen molar-refractivity contribution in [3.63, 3.8) is 0 Å². The van der Waals surface area contributed by atoms with E-state index in [1.807, 2.05) is 25.1 Å². The van der Waals surface area contributed by atoms with Crippen molar-refractivity contribution in [3.05, 3.63) is 47.8 Å². The van der Waals surface area contributed by atoms with Gasteiger partial charge >= 0.3 is 0 Å². The Kier molecular flexibility index (Phi) is 5.36. The van der Waals surface area contributed by atoms with E-state index in [0.29, 0.717) is 12.2 Å². The number of carbonyl (C=O) groups is 1. The number of sulfone groups is 1. The van der Waals surface area contributed by atoms with E-state index in [9.17, 15) is 13.2 Å². The summed E-state index contributed by atoms with van der Waals surface area (Å²) >= 11 is 0. The number of anilines is 2. The summed E-state index contributed by atoms with van der Waals surface area (Å²) in [4.78, 5) is 18.3. The van der Waals surface area contributed by atoms with Gasteiger partial charge in [-0.15, -0.1) is 0 Å². The highest BCUT2D eigenvalue weighted by Gasteiger charge is 2.33. The summed E-state index contributed by atoms with van der Waals surface area (Å²) in [6, 6.07) is 8.91. The van der Waals surface area contributed by atoms with Gasteiger partial charge < -0.3 is 15.0 Å². The zero-order chi connectivity index (χ0) is 19.6. The second-order valence-corrected chi connectivity index (χ2v) is 8.96. The number of amides is 1. The van der Waals surface area contributed by atoms with Crippen molar-refractivity contribution in [3.8, 4) is 5.75 Å². The van der Waals surface area contributed by atoms with Crippen LogP contribution in [0.2, 0.25) is 0 Å². The maximum absolute atomic E-state index is 12.6. The summed E-state index contributed by atoms with van der Waals surface area (Å²) in [5, 5.41) is 3.23. The van der Waals surface area contributed by atoms with Crippen LogP contribution < -0.4 is 10.1 Å². The van der Waals surface area contributed by atoms with Crippen molar-refractivity contribution >= 4 is 27.1 Å². The van der Waals surface area contributed by atoms with Gasteiger partial charge in [-0.05, 0) is 43.2 Å². The van der Waals surface area contributed by atoms with Gasteiger partial charge in [0.25, 0.3) is 5.91 Å². The molecule has 7 nitrogen and oxygen atoms in total. The summed E-state index contributed by atoms with van der Waals surface area (Å²) in [6.07, 6.45) is 2.05. The van der Waals surface area contributed by atoms with Crippen molar-refractivity contribution in [1.82, 2.24) is 9.88 Å². The van der Waals surface area contributed by atoms with E-state index in [4.69, 9.17) is 4.74 Å². The maximum Gasteiger partial charge on any atom is 0.272 e. The summed E-state index contributed by atoms with van der Waals surface area (Å²) in [7, 11) is 0.187. The minimum Gasteiger partial charge on any atom is -0.495 e. The number of nitrogens with zero attached hydrogens (tertiary/aromatic N) is 2. The number of methoxy groups -OCH3 is 1. The molecule has 0 spiro atoms. The fraction of sp³-hybridized carbons (Fsp3) is 0.368. The van der Waals surface area contributed by atoms with Gasteiger partial charge in [-0.2, -0.15) is 0 Å². The highest BCUT2D eigenvalue weighted by molar-refractivity contribution is 7.91. The van der Waals surface area contributed by atoms with E-state index in [-0.39, 0.29) is 29.1 Å². The van der Waals surface area contributed by atoms with E-state index in [0.717, 1.165) is 16.9 Å². The molecule has 1 fully saturated rings. The summed E-state index contributed by atoms with van der Waals surface area (Å²) in [6.45, 7) is 1.99. The van der Waals surface area contributed by atoms with Crippen LogP contribution in [-0.2, 0) is 9.84 Å². The highest BCUT2D eigenvalue weighted by atomic mass is 32.2. The number of aryl methyl sites for hydroxylation is 1. The van der Waals surface area contributed by atoms with Crippen molar-refractivity contribution in [2.45, 2.75) is 19.4 Å². The zero-order valence-corrected chi connectivity index (χ0v) is 16.4. The molecular formula is C19H23N3O4S. The standard InChI is InChI=1S/C19H23N3O4S/c1-13-4-7-18(26-3)17(10-13)21-14-5-6-16(20-11-14)19(23)22(2)15-8-9-27(24,25)12-15/h4-7,10-11,15,21H,8-9,12H2,1-3H3. The fourth-order valence-corrected chi connectivity index (χ4v) is 4.87. The first-order valence-corrected chi connectivity index (χ1v) is 10.5. The lowest BCUT2D eigenvalue weighted by Gasteiger charge is -2.23. The average Bonchev–Trinajstić information content (AvgIpc) is 3.01. The molecule has 3 rings (SSSR count). The Hall–Kier alpha value is -2.61. The van der Waals surface area contributed by atoms with Crippen LogP contribution in [0, 0.1) is 6.92 Å². The molecule has 8 heteroatoms. The average molecular weight is 389 g/mol. The van der Waals surface area contributed by atoms with E-state index in [1.54, 1.807) is 32.5 Å². The lowest BCUT2D eigenvalue weighted by atomic mass is 10.2. The van der Waals surface area contributed by atoms with E-state index in [2.05, 4.69) is 10.3 Å². The third-order valence-electron chi connectivity index (χ3n) is 4.69.